The van der Waals surface area contributed by atoms with Gasteiger partial charge in [0.2, 0.25) is 0 Å². The molecule has 0 radical (unpaired) electrons. The molecule has 1 N–H and O–H groups in total. The van der Waals surface area contributed by atoms with Crippen molar-refractivity contribution in [2.75, 3.05) is 7.05 Å². The fraction of sp³-hybridized carbons (Fsp3) is 0.600. The van der Waals surface area contributed by atoms with Gasteiger partial charge < -0.3 is 5.32 Å². The Kier molecular flexibility index (Phi) is 4.55. The van der Waals surface area contributed by atoms with E-state index in [1.165, 1.54) is 17.5 Å². The highest BCUT2D eigenvalue weighted by Crippen LogP contribution is 2.22. The molecule has 0 bridgehead atoms. The Bertz CT molecular complexity index is 301. The number of benzene rings is 1. The standard InChI is InChI=1S/C15H25N/c1-6-14(16-5)11-12-7-9-13(10-8-12)15(2,3)4/h7-10,14,16H,6,11H2,1-5H3. The van der Waals surface area contributed by atoms with Gasteiger partial charge in [-0.25, -0.2) is 0 Å². The van der Waals surface area contributed by atoms with Crippen molar-refractivity contribution in [3.63, 3.8) is 0 Å². The lowest BCUT2D eigenvalue weighted by atomic mass is 9.86. The van der Waals surface area contributed by atoms with E-state index in [0.29, 0.717) is 6.04 Å². The topological polar surface area (TPSA) is 12.0 Å². The van der Waals surface area contributed by atoms with Crippen LogP contribution in [0.5, 0.6) is 0 Å². The Morgan fingerprint density at radius 2 is 1.69 bits per heavy atom. The lowest BCUT2D eigenvalue weighted by Crippen LogP contribution is -2.26. The van der Waals surface area contributed by atoms with Gasteiger partial charge in [0, 0.05) is 6.04 Å². The maximum atomic E-state index is 3.35. The van der Waals surface area contributed by atoms with Crippen LogP contribution in [0.15, 0.2) is 24.3 Å². The van der Waals surface area contributed by atoms with Crippen molar-refractivity contribution in [2.45, 2.75) is 52.0 Å². The zero-order valence-corrected chi connectivity index (χ0v) is 11.3. The molecule has 1 rings (SSSR count). The molecule has 1 nitrogen and oxygen atoms in total. The highest BCUT2D eigenvalue weighted by molar-refractivity contribution is 5.27. The average molecular weight is 219 g/mol. The summed E-state index contributed by atoms with van der Waals surface area (Å²) in [4.78, 5) is 0. The zero-order chi connectivity index (χ0) is 12.2. The second-order valence-corrected chi connectivity index (χ2v) is 5.54. The maximum absolute atomic E-state index is 3.35. The molecule has 1 heteroatoms. The smallest absolute Gasteiger partial charge is 0.0102 e. The van der Waals surface area contributed by atoms with Gasteiger partial charge in [-0.15, -0.1) is 0 Å². The van der Waals surface area contributed by atoms with Crippen LogP contribution in [0.2, 0.25) is 0 Å². The van der Waals surface area contributed by atoms with Crippen molar-refractivity contribution in [3.8, 4) is 0 Å². The van der Waals surface area contributed by atoms with Crippen LogP contribution in [0.1, 0.15) is 45.2 Å². The molecule has 0 aliphatic heterocycles. The van der Waals surface area contributed by atoms with Crippen LogP contribution in [0, 0.1) is 0 Å². The molecule has 0 aliphatic rings. The number of rotatable bonds is 4. The second kappa shape index (κ2) is 5.49. The molecule has 1 unspecified atom stereocenters. The van der Waals surface area contributed by atoms with Crippen LogP contribution >= 0.6 is 0 Å². The van der Waals surface area contributed by atoms with Gasteiger partial charge in [0.15, 0.2) is 0 Å². The van der Waals surface area contributed by atoms with Crippen molar-refractivity contribution < 1.29 is 0 Å². The van der Waals surface area contributed by atoms with E-state index in [4.69, 9.17) is 0 Å². The van der Waals surface area contributed by atoms with Crippen molar-refractivity contribution in [3.05, 3.63) is 35.4 Å². The summed E-state index contributed by atoms with van der Waals surface area (Å²) < 4.78 is 0. The number of hydrogen-bond donors (Lipinski definition) is 1. The third-order valence-corrected chi connectivity index (χ3v) is 3.20. The summed E-state index contributed by atoms with van der Waals surface area (Å²) in [6, 6.07) is 9.65. The molecule has 1 aromatic rings. The minimum absolute atomic E-state index is 0.256. The van der Waals surface area contributed by atoms with E-state index in [2.05, 4.69) is 57.3 Å². The highest BCUT2D eigenvalue weighted by atomic mass is 14.9. The van der Waals surface area contributed by atoms with E-state index >= 15 is 0 Å². The first-order valence-corrected chi connectivity index (χ1v) is 6.24. The third kappa shape index (κ3) is 3.64. The van der Waals surface area contributed by atoms with Gasteiger partial charge in [0.25, 0.3) is 0 Å². The quantitative estimate of drug-likeness (QED) is 0.817. The largest absolute Gasteiger partial charge is 0.317 e. The molecule has 1 aromatic carbocycles. The lowest BCUT2D eigenvalue weighted by molar-refractivity contribution is 0.542. The predicted octanol–water partition coefficient (Wildman–Crippen LogP) is 3.52. The van der Waals surface area contributed by atoms with Crippen molar-refractivity contribution in [2.24, 2.45) is 0 Å². The first-order valence-electron chi connectivity index (χ1n) is 6.24. The maximum Gasteiger partial charge on any atom is 0.0102 e. The van der Waals surface area contributed by atoms with E-state index in [1.54, 1.807) is 0 Å². The Morgan fingerprint density at radius 3 is 2.06 bits per heavy atom. The summed E-state index contributed by atoms with van der Waals surface area (Å²) in [5.41, 5.74) is 3.09. The molecule has 90 valence electrons. The molecular weight excluding hydrogens is 194 g/mol. The summed E-state index contributed by atoms with van der Waals surface area (Å²) in [6.07, 6.45) is 2.30. The molecule has 1 atom stereocenters. The van der Waals surface area contributed by atoms with Crippen LogP contribution in [0.25, 0.3) is 0 Å². The van der Waals surface area contributed by atoms with Gasteiger partial charge in [0.05, 0.1) is 0 Å². The van der Waals surface area contributed by atoms with Crippen molar-refractivity contribution in [1.29, 1.82) is 0 Å². The van der Waals surface area contributed by atoms with Gasteiger partial charge >= 0.3 is 0 Å². The third-order valence-electron chi connectivity index (χ3n) is 3.20. The summed E-state index contributed by atoms with van der Waals surface area (Å²) in [5.74, 6) is 0. The van der Waals surface area contributed by atoms with Crippen molar-refractivity contribution >= 4 is 0 Å². The minimum atomic E-state index is 0.256. The van der Waals surface area contributed by atoms with Gasteiger partial charge in [-0.05, 0) is 36.4 Å². The molecule has 0 fully saturated rings. The summed E-state index contributed by atoms with van der Waals surface area (Å²) in [7, 11) is 2.04. The van der Waals surface area contributed by atoms with Gasteiger partial charge in [-0.2, -0.15) is 0 Å². The second-order valence-electron chi connectivity index (χ2n) is 5.54. The molecule has 0 saturated carbocycles. The summed E-state index contributed by atoms with van der Waals surface area (Å²) >= 11 is 0. The van der Waals surface area contributed by atoms with E-state index in [-0.39, 0.29) is 5.41 Å². The summed E-state index contributed by atoms with van der Waals surface area (Å²) in [5, 5.41) is 3.35. The average Bonchev–Trinajstić information content (AvgIpc) is 2.25. The molecule has 16 heavy (non-hydrogen) atoms. The number of nitrogens with one attached hydrogen (secondary N) is 1. The van der Waals surface area contributed by atoms with E-state index in [0.717, 1.165) is 6.42 Å². The Morgan fingerprint density at radius 1 is 1.12 bits per heavy atom. The SMILES string of the molecule is CCC(Cc1ccc(C(C)(C)C)cc1)NC. The molecule has 0 heterocycles. The molecule has 0 aliphatic carbocycles. The number of likely N-dealkylation sites (N-methyl/N-ethyl adjacent to an activating group) is 1. The Labute approximate surface area is 100 Å². The van der Waals surface area contributed by atoms with Gasteiger partial charge in [0.1, 0.15) is 0 Å². The van der Waals surface area contributed by atoms with E-state index in [9.17, 15) is 0 Å². The molecule has 0 aromatic heterocycles. The van der Waals surface area contributed by atoms with Crippen molar-refractivity contribution in [1.82, 2.24) is 5.32 Å². The Hall–Kier alpha value is -0.820. The van der Waals surface area contributed by atoms with Gasteiger partial charge in [-0.3, -0.25) is 0 Å². The van der Waals surface area contributed by atoms with Crippen LogP contribution in [0.4, 0.5) is 0 Å². The van der Waals surface area contributed by atoms with Crippen LogP contribution in [0.3, 0.4) is 0 Å². The van der Waals surface area contributed by atoms with Crippen LogP contribution < -0.4 is 5.32 Å². The zero-order valence-electron chi connectivity index (χ0n) is 11.3. The number of hydrogen-bond acceptors (Lipinski definition) is 1. The normalized spacial score (nSPS) is 13.8. The Balaban J connectivity index is 2.72. The monoisotopic (exact) mass is 219 g/mol. The molecule has 0 spiro atoms. The first-order chi connectivity index (χ1) is 7.47. The van der Waals surface area contributed by atoms with E-state index in [1.807, 2.05) is 7.05 Å². The summed E-state index contributed by atoms with van der Waals surface area (Å²) in [6.45, 7) is 8.99. The first kappa shape index (κ1) is 13.2. The molecule has 0 saturated heterocycles. The van der Waals surface area contributed by atoms with E-state index < -0.39 is 0 Å². The fourth-order valence-corrected chi connectivity index (χ4v) is 1.88. The molecular formula is C15H25N. The predicted molar refractivity (Wildman–Crippen MR) is 72.0 cm³/mol. The van der Waals surface area contributed by atoms with Gasteiger partial charge in [-0.1, -0.05) is 52.0 Å². The van der Waals surface area contributed by atoms with Crippen LogP contribution in [-0.4, -0.2) is 13.1 Å². The highest BCUT2D eigenvalue weighted by Gasteiger charge is 2.13. The van der Waals surface area contributed by atoms with Crippen LogP contribution in [-0.2, 0) is 11.8 Å². The fourth-order valence-electron chi connectivity index (χ4n) is 1.88. The lowest BCUT2D eigenvalue weighted by Gasteiger charge is -2.20. The molecule has 0 amide bonds. The minimum Gasteiger partial charge on any atom is -0.317 e.